The number of likely N-dealkylation sites (tertiary alicyclic amines) is 1. The highest BCUT2D eigenvalue weighted by Crippen LogP contribution is 2.26. The molecule has 0 aliphatic carbocycles. The largest absolute Gasteiger partial charge is 0.362 e. The molecule has 1 aliphatic rings. The summed E-state index contributed by atoms with van der Waals surface area (Å²) >= 11 is 1.81. The molecule has 1 atom stereocenters. The van der Waals surface area contributed by atoms with Gasteiger partial charge in [0.05, 0.1) is 0 Å². The summed E-state index contributed by atoms with van der Waals surface area (Å²) < 4.78 is 0. The number of rotatable bonds is 6. The quantitative estimate of drug-likeness (QED) is 0.851. The third-order valence-corrected chi connectivity index (χ3v) is 4.55. The highest BCUT2D eigenvalue weighted by atomic mass is 32.1. The Labute approximate surface area is 115 Å². The van der Waals surface area contributed by atoms with E-state index in [0.717, 1.165) is 24.3 Å². The summed E-state index contributed by atoms with van der Waals surface area (Å²) in [5.41, 5.74) is 0. The molecule has 0 radical (unpaired) electrons. The van der Waals surface area contributed by atoms with E-state index in [4.69, 9.17) is 0 Å². The van der Waals surface area contributed by atoms with Crippen molar-refractivity contribution in [2.45, 2.75) is 58.5 Å². The zero-order valence-corrected chi connectivity index (χ0v) is 12.4. The molecule has 1 aromatic rings. The van der Waals surface area contributed by atoms with E-state index in [1.54, 1.807) is 0 Å². The van der Waals surface area contributed by atoms with E-state index in [0.29, 0.717) is 0 Å². The summed E-state index contributed by atoms with van der Waals surface area (Å²) in [6, 6.07) is 0.799. The predicted octanol–water partition coefficient (Wildman–Crippen LogP) is 3.73. The van der Waals surface area contributed by atoms with E-state index >= 15 is 0 Å². The van der Waals surface area contributed by atoms with Crippen molar-refractivity contribution in [2.75, 3.05) is 18.4 Å². The van der Waals surface area contributed by atoms with Crippen LogP contribution in [0.4, 0.5) is 5.13 Å². The third-order valence-electron chi connectivity index (χ3n) is 3.61. The molecule has 18 heavy (non-hydrogen) atoms. The molecule has 0 bridgehead atoms. The molecule has 1 saturated heterocycles. The average molecular weight is 267 g/mol. The van der Waals surface area contributed by atoms with E-state index < -0.39 is 0 Å². The van der Waals surface area contributed by atoms with Crippen LogP contribution in [0.25, 0.3) is 0 Å². The standard InChI is InChI=1S/C14H25N3S/c1-3-7-12-8-5-6-9-17(12)11-13-10-16-14(18-13)15-4-2/h10,12H,3-9,11H2,1-2H3,(H,15,16). The highest BCUT2D eigenvalue weighted by Gasteiger charge is 2.22. The van der Waals surface area contributed by atoms with Crippen molar-refractivity contribution in [3.8, 4) is 0 Å². The lowest BCUT2D eigenvalue weighted by atomic mass is 9.98. The van der Waals surface area contributed by atoms with Crippen molar-refractivity contribution in [1.29, 1.82) is 0 Å². The van der Waals surface area contributed by atoms with Crippen molar-refractivity contribution in [3.63, 3.8) is 0 Å². The fraction of sp³-hybridized carbons (Fsp3) is 0.786. The second-order valence-electron chi connectivity index (χ2n) is 5.07. The van der Waals surface area contributed by atoms with Crippen molar-refractivity contribution in [3.05, 3.63) is 11.1 Å². The first kappa shape index (κ1) is 13.8. The topological polar surface area (TPSA) is 28.2 Å². The van der Waals surface area contributed by atoms with Crippen LogP contribution in [-0.4, -0.2) is 29.0 Å². The fourth-order valence-electron chi connectivity index (χ4n) is 2.74. The number of piperidine rings is 1. The Morgan fingerprint density at radius 1 is 1.44 bits per heavy atom. The van der Waals surface area contributed by atoms with Crippen molar-refractivity contribution in [1.82, 2.24) is 9.88 Å². The highest BCUT2D eigenvalue weighted by molar-refractivity contribution is 7.15. The molecule has 0 saturated carbocycles. The summed E-state index contributed by atoms with van der Waals surface area (Å²) in [4.78, 5) is 8.48. The number of nitrogens with zero attached hydrogens (tertiary/aromatic N) is 2. The van der Waals surface area contributed by atoms with E-state index in [2.05, 4.69) is 29.0 Å². The van der Waals surface area contributed by atoms with Gasteiger partial charge in [0, 0.05) is 30.2 Å². The molecule has 0 spiro atoms. The Balaban J connectivity index is 1.92. The van der Waals surface area contributed by atoms with Gasteiger partial charge in [0.1, 0.15) is 0 Å². The summed E-state index contributed by atoms with van der Waals surface area (Å²) in [6.45, 7) is 7.72. The third kappa shape index (κ3) is 3.69. The predicted molar refractivity (Wildman–Crippen MR) is 79.2 cm³/mol. The minimum Gasteiger partial charge on any atom is -0.362 e. The van der Waals surface area contributed by atoms with Crippen molar-refractivity contribution >= 4 is 16.5 Å². The number of aromatic nitrogens is 1. The molecule has 3 nitrogen and oxygen atoms in total. The lowest BCUT2D eigenvalue weighted by Crippen LogP contribution is -2.38. The number of hydrogen-bond donors (Lipinski definition) is 1. The molecular weight excluding hydrogens is 242 g/mol. The molecule has 1 aliphatic heterocycles. The van der Waals surface area contributed by atoms with Crippen molar-refractivity contribution < 1.29 is 0 Å². The molecule has 2 heterocycles. The zero-order valence-electron chi connectivity index (χ0n) is 11.6. The molecule has 1 N–H and O–H groups in total. The van der Waals surface area contributed by atoms with E-state index in [1.807, 2.05) is 17.5 Å². The van der Waals surface area contributed by atoms with Crippen LogP contribution >= 0.6 is 11.3 Å². The lowest BCUT2D eigenvalue weighted by Gasteiger charge is -2.35. The van der Waals surface area contributed by atoms with Gasteiger partial charge in [-0.05, 0) is 32.7 Å². The second kappa shape index (κ2) is 7.10. The number of nitrogens with one attached hydrogen (secondary N) is 1. The Morgan fingerprint density at radius 3 is 3.11 bits per heavy atom. The van der Waals surface area contributed by atoms with Crippen LogP contribution in [0.1, 0.15) is 50.8 Å². The van der Waals surface area contributed by atoms with Gasteiger partial charge in [-0.25, -0.2) is 4.98 Å². The van der Waals surface area contributed by atoms with Gasteiger partial charge in [-0.2, -0.15) is 0 Å². The summed E-state index contributed by atoms with van der Waals surface area (Å²) in [5.74, 6) is 0. The zero-order chi connectivity index (χ0) is 12.8. The summed E-state index contributed by atoms with van der Waals surface area (Å²) in [6.07, 6.45) is 8.84. The molecular formula is C14H25N3S. The van der Waals surface area contributed by atoms with Gasteiger partial charge in [0.15, 0.2) is 5.13 Å². The Hall–Kier alpha value is -0.610. The van der Waals surface area contributed by atoms with Gasteiger partial charge in [-0.1, -0.05) is 19.8 Å². The number of hydrogen-bond acceptors (Lipinski definition) is 4. The van der Waals surface area contributed by atoms with E-state index in [1.165, 1.54) is 43.5 Å². The van der Waals surface area contributed by atoms with E-state index in [-0.39, 0.29) is 0 Å². The molecule has 0 amide bonds. The van der Waals surface area contributed by atoms with Gasteiger partial charge >= 0.3 is 0 Å². The molecule has 102 valence electrons. The lowest BCUT2D eigenvalue weighted by molar-refractivity contribution is 0.133. The van der Waals surface area contributed by atoms with Crippen LogP contribution in [0.15, 0.2) is 6.20 Å². The van der Waals surface area contributed by atoms with Gasteiger partial charge in [0.25, 0.3) is 0 Å². The van der Waals surface area contributed by atoms with Gasteiger partial charge < -0.3 is 5.32 Å². The smallest absolute Gasteiger partial charge is 0.182 e. The second-order valence-corrected chi connectivity index (χ2v) is 6.19. The molecule has 0 aromatic carbocycles. The van der Waals surface area contributed by atoms with Gasteiger partial charge in [-0.15, -0.1) is 11.3 Å². The molecule has 4 heteroatoms. The monoisotopic (exact) mass is 267 g/mol. The Morgan fingerprint density at radius 2 is 2.33 bits per heavy atom. The summed E-state index contributed by atoms with van der Waals surface area (Å²) in [5, 5.41) is 4.36. The Kier molecular flexibility index (Phi) is 5.45. The van der Waals surface area contributed by atoms with Crippen LogP contribution in [-0.2, 0) is 6.54 Å². The van der Waals surface area contributed by atoms with E-state index in [9.17, 15) is 0 Å². The summed E-state index contributed by atoms with van der Waals surface area (Å²) in [7, 11) is 0. The number of anilines is 1. The molecule has 2 rings (SSSR count). The van der Waals surface area contributed by atoms with Gasteiger partial charge in [-0.3, -0.25) is 4.90 Å². The van der Waals surface area contributed by atoms with Crippen LogP contribution in [0.2, 0.25) is 0 Å². The van der Waals surface area contributed by atoms with Gasteiger partial charge in [0.2, 0.25) is 0 Å². The first-order valence-electron chi connectivity index (χ1n) is 7.26. The molecule has 1 fully saturated rings. The number of thiazole rings is 1. The molecule has 1 aromatic heterocycles. The average Bonchev–Trinajstić information content (AvgIpc) is 2.80. The minimum absolute atomic E-state index is 0.799. The van der Waals surface area contributed by atoms with Crippen LogP contribution < -0.4 is 5.32 Å². The minimum atomic E-state index is 0.799. The van der Waals surface area contributed by atoms with Crippen LogP contribution in [0.5, 0.6) is 0 Å². The first-order chi connectivity index (χ1) is 8.83. The van der Waals surface area contributed by atoms with Crippen LogP contribution in [0, 0.1) is 0 Å². The maximum absolute atomic E-state index is 4.42. The Bertz CT molecular complexity index is 349. The maximum atomic E-state index is 4.42. The SMILES string of the molecule is CCCC1CCCCN1Cc1cnc(NCC)s1. The fourth-order valence-corrected chi connectivity index (χ4v) is 3.65. The maximum Gasteiger partial charge on any atom is 0.182 e. The normalized spacial score (nSPS) is 21.1. The van der Waals surface area contributed by atoms with Crippen LogP contribution in [0.3, 0.4) is 0 Å². The van der Waals surface area contributed by atoms with Crippen molar-refractivity contribution in [2.24, 2.45) is 0 Å². The first-order valence-corrected chi connectivity index (χ1v) is 8.07. The molecule has 1 unspecified atom stereocenters.